The average Bonchev–Trinajstić information content (AvgIpc) is 2.53. The van der Waals surface area contributed by atoms with E-state index in [9.17, 15) is 4.79 Å². The van der Waals surface area contributed by atoms with Crippen molar-refractivity contribution in [2.75, 3.05) is 0 Å². The molecular weight excluding hydrogens is 504 g/mol. The van der Waals surface area contributed by atoms with Gasteiger partial charge in [0.1, 0.15) is 14.0 Å². The minimum absolute atomic E-state index is 0.278. The van der Waals surface area contributed by atoms with Gasteiger partial charge in [-0.2, -0.15) is 0 Å². The Bertz CT molecular complexity index is 835. The van der Waals surface area contributed by atoms with Crippen LogP contribution in [0, 0.1) is 7.40 Å². The van der Waals surface area contributed by atoms with Crippen LogP contribution in [0.3, 0.4) is 0 Å². The molecule has 3 rings (SSSR count). The van der Waals surface area contributed by atoms with Crippen molar-refractivity contribution in [1.29, 1.82) is 0 Å². The van der Waals surface area contributed by atoms with Crippen molar-refractivity contribution in [1.82, 2.24) is 4.98 Å². The summed E-state index contributed by atoms with van der Waals surface area (Å²) < 4.78 is 7.19. The van der Waals surface area contributed by atoms with Gasteiger partial charge in [0.25, 0.3) is 0 Å². The lowest BCUT2D eigenvalue weighted by molar-refractivity contribution is 0.0473. The predicted molar refractivity (Wildman–Crippen MR) is 103 cm³/mol. The number of carbonyl (C=O) groups excluding carboxylic acids is 1. The van der Waals surface area contributed by atoms with Crippen molar-refractivity contribution in [3.63, 3.8) is 0 Å². The van der Waals surface area contributed by atoms with Gasteiger partial charge in [0.15, 0.2) is 0 Å². The Morgan fingerprint density at radius 2 is 1.82 bits per heavy atom. The molecule has 0 bridgehead atoms. The number of esters is 1. The number of hydrogen-bond donors (Lipinski definition) is 0. The Balaban J connectivity index is 1.82. The maximum Gasteiger partial charge on any atom is 0.338 e. The molecule has 0 spiro atoms. The molecule has 3 nitrogen and oxygen atoms in total. The molecule has 22 heavy (non-hydrogen) atoms. The van der Waals surface area contributed by atoms with E-state index in [0.29, 0.717) is 5.56 Å². The van der Waals surface area contributed by atoms with Gasteiger partial charge in [-0.05, 0) is 74.3 Å². The summed E-state index contributed by atoms with van der Waals surface area (Å²) in [5.41, 5.74) is 1.52. The maximum atomic E-state index is 12.2. The minimum atomic E-state index is -0.319. The molecule has 0 unspecified atom stereocenters. The Hall–Kier alpha value is -1.22. The molecule has 2 aromatic carbocycles. The number of pyridine rings is 1. The van der Waals surface area contributed by atoms with Crippen molar-refractivity contribution < 1.29 is 9.53 Å². The van der Waals surface area contributed by atoms with Gasteiger partial charge < -0.3 is 4.74 Å². The van der Waals surface area contributed by atoms with Gasteiger partial charge in [-0.3, -0.25) is 0 Å². The van der Waals surface area contributed by atoms with Crippen molar-refractivity contribution in [3.8, 4) is 0 Å². The van der Waals surface area contributed by atoms with E-state index in [2.05, 4.69) is 50.2 Å². The lowest BCUT2D eigenvalue weighted by atomic mass is 10.1. The molecule has 3 aromatic rings. The molecular formula is C17H11I2NO2. The van der Waals surface area contributed by atoms with Gasteiger partial charge in [-0.25, -0.2) is 9.78 Å². The zero-order chi connectivity index (χ0) is 15.5. The summed E-state index contributed by atoms with van der Waals surface area (Å²) in [6.07, 6.45) is 0. The van der Waals surface area contributed by atoms with Crippen LogP contribution in [0.4, 0.5) is 0 Å². The van der Waals surface area contributed by atoms with E-state index >= 15 is 0 Å². The Kier molecular flexibility index (Phi) is 4.92. The number of rotatable bonds is 3. The molecule has 5 heteroatoms. The van der Waals surface area contributed by atoms with Crippen molar-refractivity contribution in [2.45, 2.75) is 6.61 Å². The van der Waals surface area contributed by atoms with Crippen LogP contribution in [0.1, 0.15) is 15.9 Å². The number of halogens is 2. The topological polar surface area (TPSA) is 39.2 Å². The van der Waals surface area contributed by atoms with E-state index in [-0.39, 0.29) is 12.6 Å². The highest BCUT2D eigenvalue weighted by Gasteiger charge is 2.10. The van der Waals surface area contributed by atoms with Gasteiger partial charge in [0.2, 0.25) is 0 Å². The first-order valence-corrected chi connectivity index (χ1v) is 8.76. The largest absolute Gasteiger partial charge is 0.457 e. The molecule has 0 aliphatic carbocycles. The third-order valence-corrected chi connectivity index (χ3v) is 4.58. The summed E-state index contributed by atoms with van der Waals surface area (Å²) in [4.78, 5) is 16.6. The minimum Gasteiger partial charge on any atom is -0.457 e. The van der Waals surface area contributed by atoms with Gasteiger partial charge in [0, 0.05) is 5.39 Å². The first-order valence-electron chi connectivity index (χ1n) is 6.60. The standard InChI is InChI=1S/C17H11I2NO2/c18-15-9-12-6-7-13(8-14(12)16(19)20-15)17(21)22-10-11-4-2-1-3-5-11/h1-9H,10H2. The molecule has 1 heterocycles. The fraction of sp³-hybridized carbons (Fsp3) is 0.0588. The summed E-state index contributed by atoms with van der Waals surface area (Å²) in [5.74, 6) is -0.319. The van der Waals surface area contributed by atoms with Crippen LogP contribution in [0.25, 0.3) is 10.8 Å². The van der Waals surface area contributed by atoms with Crippen LogP contribution in [-0.2, 0) is 11.3 Å². The number of nitrogens with zero attached hydrogens (tertiary/aromatic N) is 1. The maximum absolute atomic E-state index is 12.2. The molecule has 0 aliphatic heterocycles. The second kappa shape index (κ2) is 6.91. The number of hydrogen-bond acceptors (Lipinski definition) is 3. The lowest BCUT2D eigenvalue weighted by Crippen LogP contribution is -2.05. The van der Waals surface area contributed by atoms with E-state index < -0.39 is 0 Å². The molecule has 0 N–H and O–H groups in total. The van der Waals surface area contributed by atoms with Crippen molar-refractivity contribution >= 4 is 61.9 Å². The average molecular weight is 515 g/mol. The molecule has 0 fully saturated rings. The van der Waals surface area contributed by atoms with E-state index in [1.54, 1.807) is 6.07 Å². The Morgan fingerprint density at radius 3 is 2.59 bits per heavy atom. The molecule has 0 saturated carbocycles. The van der Waals surface area contributed by atoms with Crippen molar-refractivity contribution in [3.05, 3.63) is 73.1 Å². The third-order valence-electron chi connectivity index (χ3n) is 3.20. The molecule has 110 valence electrons. The number of fused-ring (bicyclic) bond motifs is 1. The van der Waals surface area contributed by atoms with E-state index in [1.807, 2.05) is 48.5 Å². The van der Waals surface area contributed by atoms with Crippen LogP contribution in [-0.4, -0.2) is 11.0 Å². The summed E-state index contributed by atoms with van der Waals surface area (Å²) in [5, 5.41) is 2.04. The SMILES string of the molecule is O=C(OCc1ccccc1)c1ccc2cc(I)nc(I)c2c1. The second-order valence-corrected chi connectivity index (χ2v) is 6.86. The highest BCUT2D eigenvalue weighted by molar-refractivity contribution is 14.1. The number of benzene rings is 2. The van der Waals surface area contributed by atoms with Gasteiger partial charge in [-0.1, -0.05) is 36.4 Å². The Labute approximate surface area is 155 Å². The predicted octanol–water partition coefficient (Wildman–Crippen LogP) is 4.80. The molecule has 0 saturated heterocycles. The Morgan fingerprint density at radius 1 is 1.05 bits per heavy atom. The quantitative estimate of drug-likeness (QED) is 0.286. The molecule has 0 aliphatic rings. The molecule has 0 atom stereocenters. The van der Waals surface area contributed by atoms with Gasteiger partial charge >= 0.3 is 5.97 Å². The molecule has 0 radical (unpaired) electrons. The van der Waals surface area contributed by atoms with Gasteiger partial charge in [-0.15, -0.1) is 0 Å². The monoisotopic (exact) mass is 515 g/mol. The number of aromatic nitrogens is 1. The summed E-state index contributed by atoms with van der Waals surface area (Å²) >= 11 is 4.37. The van der Waals surface area contributed by atoms with Crippen molar-refractivity contribution in [2.24, 2.45) is 0 Å². The fourth-order valence-corrected chi connectivity index (χ4v) is 3.87. The van der Waals surface area contributed by atoms with Crippen LogP contribution in [0.15, 0.2) is 54.6 Å². The first kappa shape index (κ1) is 15.7. The van der Waals surface area contributed by atoms with E-state index in [4.69, 9.17) is 4.74 Å². The number of ether oxygens (including phenoxy) is 1. The summed E-state index contributed by atoms with van der Waals surface area (Å²) in [7, 11) is 0. The van der Waals surface area contributed by atoms with Crippen LogP contribution >= 0.6 is 45.2 Å². The lowest BCUT2D eigenvalue weighted by Gasteiger charge is -2.07. The van der Waals surface area contributed by atoms with E-state index in [0.717, 1.165) is 23.7 Å². The number of carbonyl (C=O) groups is 1. The van der Waals surface area contributed by atoms with E-state index in [1.165, 1.54) is 0 Å². The van der Waals surface area contributed by atoms with Crippen LogP contribution in [0.2, 0.25) is 0 Å². The molecule has 0 amide bonds. The second-order valence-electron chi connectivity index (χ2n) is 4.73. The summed E-state index contributed by atoms with van der Waals surface area (Å²) in [6, 6.07) is 17.2. The highest BCUT2D eigenvalue weighted by Crippen LogP contribution is 2.23. The first-order chi connectivity index (χ1) is 10.6. The smallest absolute Gasteiger partial charge is 0.338 e. The zero-order valence-corrected chi connectivity index (χ0v) is 15.7. The molecule has 1 aromatic heterocycles. The van der Waals surface area contributed by atoms with Crippen LogP contribution in [0.5, 0.6) is 0 Å². The zero-order valence-electron chi connectivity index (χ0n) is 11.4. The normalized spacial score (nSPS) is 10.6. The third kappa shape index (κ3) is 3.57. The fourth-order valence-electron chi connectivity index (χ4n) is 2.11. The summed E-state index contributed by atoms with van der Waals surface area (Å²) in [6.45, 7) is 0.278. The van der Waals surface area contributed by atoms with Gasteiger partial charge in [0.05, 0.1) is 5.56 Å². The van der Waals surface area contributed by atoms with Crippen LogP contribution < -0.4 is 0 Å². The highest BCUT2D eigenvalue weighted by atomic mass is 127.